The lowest BCUT2D eigenvalue weighted by atomic mass is 9.94. The highest BCUT2D eigenvalue weighted by Gasteiger charge is 2.17. The second kappa shape index (κ2) is 7.27. The van der Waals surface area contributed by atoms with Crippen LogP contribution in [0.3, 0.4) is 0 Å². The zero-order valence-corrected chi connectivity index (χ0v) is 10.8. The van der Waals surface area contributed by atoms with Crippen LogP contribution in [0.1, 0.15) is 25.7 Å². The predicted octanol–water partition coefficient (Wildman–Crippen LogP) is -0.0294. The number of carbonyl (C=O) groups excluding carboxylic acids is 2. The first kappa shape index (κ1) is 14.0. The molecule has 0 bridgehead atoms. The zero-order valence-electron chi connectivity index (χ0n) is 10.8. The van der Waals surface area contributed by atoms with E-state index in [9.17, 15) is 9.59 Å². The highest BCUT2D eigenvalue weighted by molar-refractivity contribution is 5.84. The molecule has 0 saturated carbocycles. The van der Waals surface area contributed by atoms with Gasteiger partial charge in [-0.2, -0.15) is 0 Å². The number of likely N-dealkylation sites (N-methyl/N-ethyl adjacent to an activating group) is 2. The van der Waals surface area contributed by atoms with Gasteiger partial charge in [0, 0.05) is 20.5 Å². The molecule has 5 heteroatoms. The van der Waals surface area contributed by atoms with Gasteiger partial charge in [0.1, 0.15) is 0 Å². The number of nitrogens with one attached hydrogen (secondary N) is 2. The van der Waals surface area contributed by atoms with Crippen molar-refractivity contribution < 1.29 is 9.59 Å². The van der Waals surface area contributed by atoms with Crippen LogP contribution in [0.4, 0.5) is 0 Å². The third-order valence-electron chi connectivity index (χ3n) is 3.25. The average molecular weight is 241 g/mol. The maximum atomic E-state index is 11.8. The van der Waals surface area contributed by atoms with Crippen molar-refractivity contribution in [2.45, 2.75) is 25.7 Å². The third kappa shape index (κ3) is 5.17. The lowest BCUT2D eigenvalue weighted by Gasteiger charge is -2.23. The smallest absolute Gasteiger partial charge is 0.239 e. The fourth-order valence-corrected chi connectivity index (χ4v) is 2.07. The Morgan fingerprint density at radius 3 is 2.82 bits per heavy atom. The summed E-state index contributed by atoms with van der Waals surface area (Å²) in [6, 6.07) is 0. The van der Waals surface area contributed by atoms with Crippen molar-refractivity contribution in [3.63, 3.8) is 0 Å². The van der Waals surface area contributed by atoms with E-state index in [4.69, 9.17) is 0 Å². The molecular weight excluding hydrogens is 218 g/mol. The van der Waals surface area contributed by atoms with Crippen LogP contribution in [0.2, 0.25) is 0 Å². The Labute approximate surface area is 103 Å². The lowest BCUT2D eigenvalue weighted by Crippen LogP contribution is -2.37. The second-order valence-corrected chi connectivity index (χ2v) is 4.67. The van der Waals surface area contributed by atoms with E-state index in [1.165, 1.54) is 17.7 Å². The van der Waals surface area contributed by atoms with Gasteiger partial charge in [-0.25, -0.2) is 0 Å². The third-order valence-corrected chi connectivity index (χ3v) is 3.25. The molecule has 1 fully saturated rings. The van der Waals surface area contributed by atoms with E-state index >= 15 is 0 Å². The van der Waals surface area contributed by atoms with Gasteiger partial charge >= 0.3 is 0 Å². The molecule has 0 aromatic rings. The highest BCUT2D eigenvalue weighted by atomic mass is 16.2. The molecule has 5 nitrogen and oxygen atoms in total. The average Bonchev–Trinajstić information content (AvgIpc) is 2.36. The monoisotopic (exact) mass is 241 g/mol. The van der Waals surface area contributed by atoms with Crippen LogP contribution in [0.5, 0.6) is 0 Å². The van der Waals surface area contributed by atoms with E-state index in [-0.39, 0.29) is 18.4 Å². The van der Waals surface area contributed by atoms with E-state index < -0.39 is 0 Å². The molecule has 1 aliphatic heterocycles. The molecular formula is C12H23N3O2. The molecule has 1 rings (SSSR count). The summed E-state index contributed by atoms with van der Waals surface area (Å²) in [5, 5.41) is 5.85. The molecule has 0 aliphatic carbocycles. The van der Waals surface area contributed by atoms with Gasteiger partial charge < -0.3 is 15.5 Å². The summed E-state index contributed by atoms with van der Waals surface area (Å²) in [7, 11) is 3.26. The minimum absolute atomic E-state index is 0.0548. The molecule has 1 unspecified atom stereocenters. The lowest BCUT2D eigenvalue weighted by molar-refractivity contribution is -0.134. The standard InChI is InChI=1S/C12H23N3O2/c1-13-11(16)9-15(2)12(17)6-5-10-4-3-7-14-8-10/h10,14H,3-9H2,1-2H3,(H,13,16). The van der Waals surface area contributed by atoms with Gasteiger partial charge in [-0.05, 0) is 38.3 Å². The molecule has 2 amide bonds. The van der Waals surface area contributed by atoms with E-state index in [1.54, 1.807) is 14.1 Å². The van der Waals surface area contributed by atoms with Gasteiger partial charge in [-0.15, -0.1) is 0 Å². The zero-order chi connectivity index (χ0) is 12.7. The maximum Gasteiger partial charge on any atom is 0.239 e. The van der Waals surface area contributed by atoms with Crippen molar-refractivity contribution in [3.05, 3.63) is 0 Å². The Morgan fingerprint density at radius 1 is 1.47 bits per heavy atom. The van der Waals surface area contributed by atoms with Crippen molar-refractivity contribution in [2.75, 3.05) is 33.7 Å². The fourth-order valence-electron chi connectivity index (χ4n) is 2.07. The quantitative estimate of drug-likeness (QED) is 0.710. The topological polar surface area (TPSA) is 61.4 Å². The number of hydrogen-bond acceptors (Lipinski definition) is 3. The van der Waals surface area contributed by atoms with E-state index in [0.717, 1.165) is 19.5 Å². The molecule has 17 heavy (non-hydrogen) atoms. The molecule has 0 aromatic carbocycles. The van der Waals surface area contributed by atoms with Crippen LogP contribution >= 0.6 is 0 Å². The van der Waals surface area contributed by atoms with Gasteiger partial charge in [0.05, 0.1) is 6.54 Å². The number of rotatable bonds is 5. The van der Waals surface area contributed by atoms with Crippen molar-refractivity contribution in [1.29, 1.82) is 0 Å². The minimum Gasteiger partial charge on any atom is -0.358 e. The maximum absolute atomic E-state index is 11.8. The first-order valence-corrected chi connectivity index (χ1v) is 6.28. The van der Waals surface area contributed by atoms with Crippen molar-refractivity contribution in [2.24, 2.45) is 5.92 Å². The number of amides is 2. The Kier molecular flexibility index (Phi) is 5.97. The van der Waals surface area contributed by atoms with Crippen molar-refractivity contribution in [3.8, 4) is 0 Å². The number of nitrogens with zero attached hydrogens (tertiary/aromatic N) is 1. The summed E-state index contributed by atoms with van der Waals surface area (Å²) >= 11 is 0. The number of hydrogen-bond donors (Lipinski definition) is 2. The fraction of sp³-hybridized carbons (Fsp3) is 0.833. The largest absolute Gasteiger partial charge is 0.358 e. The SMILES string of the molecule is CNC(=O)CN(C)C(=O)CCC1CCCNC1. The van der Waals surface area contributed by atoms with Crippen molar-refractivity contribution >= 4 is 11.8 Å². The molecule has 0 spiro atoms. The summed E-state index contributed by atoms with van der Waals surface area (Å²) in [6.07, 6.45) is 3.87. The Morgan fingerprint density at radius 2 is 2.24 bits per heavy atom. The minimum atomic E-state index is -0.125. The molecule has 1 saturated heterocycles. The highest BCUT2D eigenvalue weighted by Crippen LogP contribution is 2.16. The second-order valence-electron chi connectivity index (χ2n) is 4.67. The van der Waals surface area contributed by atoms with Gasteiger partial charge in [0.2, 0.25) is 11.8 Å². The summed E-state index contributed by atoms with van der Waals surface area (Å²) in [5.74, 6) is 0.542. The molecule has 2 N–H and O–H groups in total. The predicted molar refractivity (Wildman–Crippen MR) is 66.5 cm³/mol. The summed E-state index contributed by atoms with van der Waals surface area (Å²) in [6.45, 7) is 2.27. The summed E-state index contributed by atoms with van der Waals surface area (Å²) in [5.41, 5.74) is 0. The molecule has 1 aliphatic rings. The first-order valence-electron chi connectivity index (χ1n) is 6.28. The molecule has 0 radical (unpaired) electrons. The molecule has 0 aromatic heterocycles. The van der Waals surface area contributed by atoms with Crippen LogP contribution in [-0.4, -0.2) is 50.4 Å². The number of carbonyl (C=O) groups is 2. The van der Waals surface area contributed by atoms with E-state index in [2.05, 4.69) is 10.6 Å². The first-order chi connectivity index (χ1) is 8.13. The van der Waals surface area contributed by atoms with Crippen LogP contribution in [-0.2, 0) is 9.59 Å². The summed E-state index contributed by atoms with van der Waals surface area (Å²) in [4.78, 5) is 24.4. The van der Waals surface area contributed by atoms with Gasteiger partial charge in [-0.3, -0.25) is 9.59 Å². The van der Waals surface area contributed by atoms with Crippen LogP contribution < -0.4 is 10.6 Å². The van der Waals surface area contributed by atoms with Crippen LogP contribution in [0, 0.1) is 5.92 Å². The molecule has 1 atom stereocenters. The van der Waals surface area contributed by atoms with Gasteiger partial charge in [-0.1, -0.05) is 0 Å². The molecule has 1 heterocycles. The van der Waals surface area contributed by atoms with Crippen LogP contribution in [0.25, 0.3) is 0 Å². The van der Waals surface area contributed by atoms with Crippen molar-refractivity contribution in [1.82, 2.24) is 15.5 Å². The van der Waals surface area contributed by atoms with Crippen LogP contribution in [0.15, 0.2) is 0 Å². The molecule has 98 valence electrons. The Bertz CT molecular complexity index is 262. The van der Waals surface area contributed by atoms with E-state index in [0.29, 0.717) is 12.3 Å². The van der Waals surface area contributed by atoms with Gasteiger partial charge in [0.15, 0.2) is 0 Å². The Hall–Kier alpha value is -1.10. The van der Waals surface area contributed by atoms with E-state index in [1.807, 2.05) is 0 Å². The Balaban J connectivity index is 2.21. The summed E-state index contributed by atoms with van der Waals surface area (Å²) < 4.78 is 0. The normalized spacial score (nSPS) is 19.8. The number of piperidine rings is 1. The van der Waals surface area contributed by atoms with Gasteiger partial charge in [0.25, 0.3) is 0 Å².